The van der Waals surface area contributed by atoms with Crippen molar-refractivity contribution in [3.63, 3.8) is 0 Å². The molecule has 3 fully saturated rings. The summed E-state index contributed by atoms with van der Waals surface area (Å²) in [7, 11) is 0. The van der Waals surface area contributed by atoms with Gasteiger partial charge in [0.25, 0.3) is 5.91 Å². The second kappa shape index (κ2) is 7.56. The van der Waals surface area contributed by atoms with Crippen molar-refractivity contribution in [2.75, 3.05) is 19.6 Å². The largest absolute Gasteiger partial charge is 0.361 e. The van der Waals surface area contributed by atoms with Crippen LogP contribution in [-0.4, -0.2) is 64.4 Å². The van der Waals surface area contributed by atoms with E-state index >= 15 is 0 Å². The first-order valence-electron chi connectivity index (χ1n) is 10.3. The SMILES string of the molecule is CCc1cc(C(=O)N2C[C@H]3C[C@@H](C2)[C@H](CNC(C)=O)N2C(=O)CCC[C@@H]32)no1. The Labute approximate surface area is 164 Å². The zero-order chi connectivity index (χ0) is 19.8. The molecule has 0 unspecified atom stereocenters. The molecule has 0 spiro atoms. The maximum absolute atomic E-state index is 13.0. The van der Waals surface area contributed by atoms with Gasteiger partial charge in [0.1, 0.15) is 5.76 Å². The molecular formula is C20H28N4O4. The Kier molecular flexibility index (Phi) is 5.12. The zero-order valence-corrected chi connectivity index (χ0v) is 16.5. The quantitative estimate of drug-likeness (QED) is 0.837. The molecule has 0 aliphatic carbocycles. The molecule has 3 amide bonds. The van der Waals surface area contributed by atoms with Crippen LogP contribution < -0.4 is 5.32 Å². The van der Waals surface area contributed by atoms with Crippen LogP contribution in [0.3, 0.4) is 0 Å². The van der Waals surface area contributed by atoms with E-state index in [-0.39, 0.29) is 41.6 Å². The van der Waals surface area contributed by atoms with E-state index in [0.29, 0.717) is 43.9 Å². The number of carbonyl (C=O) groups is 3. The molecule has 8 heteroatoms. The Bertz CT molecular complexity index is 776. The van der Waals surface area contributed by atoms with Gasteiger partial charge in [0, 0.05) is 51.5 Å². The number of aryl methyl sites for hydroxylation is 1. The lowest BCUT2D eigenvalue weighted by Crippen LogP contribution is -2.67. The van der Waals surface area contributed by atoms with E-state index in [1.165, 1.54) is 6.92 Å². The van der Waals surface area contributed by atoms with Crippen LogP contribution in [0.25, 0.3) is 0 Å². The molecule has 0 aromatic carbocycles. The second-order valence-electron chi connectivity index (χ2n) is 8.26. The van der Waals surface area contributed by atoms with Gasteiger partial charge in [-0.25, -0.2) is 0 Å². The van der Waals surface area contributed by atoms with E-state index in [2.05, 4.69) is 10.5 Å². The normalized spacial score (nSPS) is 29.4. The van der Waals surface area contributed by atoms with Crippen LogP contribution in [0.4, 0.5) is 0 Å². The summed E-state index contributed by atoms with van der Waals surface area (Å²) < 4.78 is 5.21. The number of fused-ring (bicyclic) bond motifs is 4. The standard InChI is InChI=1S/C20H28N4O4/c1-3-15-8-16(22-28-15)20(27)23-10-13-7-14(11-23)18(9-21-12(2)25)24-17(13)5-4-6-19(24)26/h8,13-14,17-18H,3-7,9-11H2,1-2H3,(H,21,25)/t13-,14+,17+,18+/m1/s1. The molecule has 3 aliphatic heterocycles. The third kappa shape index (κ3) is 3.40. The number of piperidine rings is 3. The monoisotopic (exact) mass is 388 g/mol. The lowest BCUT2D eigenvalue weighted by Gasteiger charge is -2.56. The van der Waals surface area contributed by atoms with Crippen molar-refractivity contribution >= 4 is 17.7 Å². The van der Waals surface area contributed by atoms with Crippen LogP contribution in [-0.2, 0) is 16.0 Å². The molecule has 3 saturated heterocycles. The molecule has 0 radical (unpaired) electrons. The fourth-order valence-corrected chi connectivity index (χ4v) is 5.19. The highest BCUT2D eigenvalue weighted by molar-refractivity contribution is 5.92. The van der Waals surface area contributed by atoms with Crippen LogP contribution in [0.1, 0.15) is 55.8 Å². The molecule has 1 N–H and O–H groups in total. The van der Waals surface area contributed by atoms with Gasteiger partial charge < -0.3 is 19.6 Å². The van der Waals surface area contributed by atoms with Gasteiger partial charge in [-0.3, -0.25) is 14.4 Å². The minimum absolute atomic E-state index is 0.0583. The molecule has 4 rings (SSSR count). The third-order valence-electron chi connectivity index (χ3n) is 6.47. The van der Waals surface area contributed by atoms with Gasteiger partial charge in [-0.1, -0.05) is 12.1 Å². The minimum Gasteiger partial charge on any atom is -0.361 e. The number of aromatic nitrogens is 1. The predicted molar refractivity (Wildman–Crippen MR) is 100 cm³/mol. The lowest BCUT2D eigenvalue weighted by atomic mass is 9.72. The van der Waals surface area contributed by atoms with Crippen molar-refractivity contribution in [1.29, 1.82) is 0 Å². The molecule has 3 aliphatic rings. The van der Waals surface area contributed by atoms with Crippen molar-refractivity contribution in [3.05, 3.63) is 17.5 Å². The highest BCUT2D eigenvalue weighted by Gasteiger charge is 2.50. The van der Waals surface area contributed by atoms with Gasteiger partial charge in [-0.05, 0) is 31.1 Å². The summed E-state index contributed by atoms with van der Waals surface area (Å²) in [5.74, 6) is 1.12. The fourth-order valence-electron chi connectivity index (χ4n) is 5.19. The van der Waals surface area contributed by atoms with Crippen LogP contribution in [0.2, 0.25) is 0 Å². The highest BCUT2D eigenvalue weighted by atomic mass is 16.5. The molecule has 4 heterocycles. The Morgan fingerprint density at radius 2 is 2.11 bits per heavy atom. The molecule has 1 aromatic heterocycles. The van der Waals surface area contributed by atoms with E-state index in [1.54, 1.807) is 6.07 Å². The average Bonchev–Trinajstić information content (AvgIpc) is 3.16. The molecule has 4 atom stereocenters. The predicted octanol–water partition coefficient (Wildman–Crippen LogP) is 1.21. The topological polar surface area (TPSA) is 95.8 Å². The first-order chi connectivity index (χ1) is 13.5. The molecule has 0 saturated carbocycles. The summed E-state index contributed by atoms with van der Waals surface area (Å²) in [6, 6.07) is 1.81. The Morgan fingerprint density at radius 3 is 2.82 bits per heavy atom. The van der Waals surface area contributed by atoms with Crippen LogP contribution in [0.5, 0.6) is 0 Å². The molecule has 28 heavy (non-hydrogen) atoms. The van der Waals surface area contributed by atoms with Gasteiger partial charge in [0.05, 0.1) is 6.04 Å². The van der Waals surface area contributed by atoms with Gasteiger partial charge >= 0.3 is 0 Å². The molecule has 152 valence electrons. The number of amides is 3. The Hall–Kier alpha value is -2.38. The lowest BCUT2D eigenvalue weighted by molar-refractivity contribution is -0.151. The van der Waals surface area contributed by atoms with Crippen LogP contribution in [0, 0.1) is 11.8 Å². The maximum Gasteiger partial charge on any atom is 0.276 e. The van der Waals surface area contributed by atoms with Crippen molar-refractivity contribution in [2.45, 2.75) is 58.0 Å². The maximum atomic E-state index is 13.0. The van der Waals surface area contributed by atoms with Gasteiger partial charge in [0.15, 0.2) is 5.69 Å². The molecule has 2 bridgehead atoms. The molecule has 8 nitrogen and oxygen atoms in total. The van der Waals surface area contributed by atoms with E-state index in [1.807, 2.05) is 16.7 Å². The molecule has 1 aromatic rings. The number of hydrogen-bond acceptors (Lipinski definition) is 5. The number of nitrogens with zero attached hydrogens (tertiary/aromatic N) is 3. The van der Waals surface area contributed by atoms with E-state index in [0.717, 1.165) is 19.3 Å². The number of rotatable bonds is 4. The molecular weight excluding hydrogens is 360 g/mol. The van der Waals surface area contributed by atoms with Crippen molar-refractivity contribution in [3.8, 4) is 0 Å². The van der Waals surface area contributed by atoms with E-state index in [9.17, 15) is 14.4 Å². The van der Waals surface area contributed by atoms with Crippen molar-refractivity contribution in [2.24, 2.45) is 11.8 Å². The summed E-state index contributed by atoms with van der Waals surface area (Å²) in [5, 5.41) is 6.84. The van der Waals surface area contributed by atoms with Crippen molar-refractivity contribution in [1.82, 2.24) is 20.3 Å². The van der Waals surface area contributed by atoms with Gasteiger partial charge in [0.2, 0.25) is 11.8 Å². The van der Waals surface area contributed by atoms with E-state index < -0.39 is 0 Å². The van der Waals surface area contributed by atoms with E-state index in [4.69, 9.17) is 4.52 Å². The summed E-state index contributed by atoms with van der Waals surface area (Å²) in [5.41, 5.74) is 0.354. The number of likely N-dealkylation sites (tertiary alicyclic amines) is 1. The fraction of sp³-hybridized carbons (Fsp3) is 0.700. The second-order valence-corrected chi connectivity index (χ2v) is 8.26. The smallest absolute Gasteiger partial charge is 0.276 e. The van der Waals surface area contributed by atoms with Crippen LogP contribution in [0.15, 0.2) is 10.6 Å². The number of nitrogens with one attached hydrogen (secondary N) is 1. The number of carbonyl (C=O) groups excluding carboxylic acids is 3. The average molecular weight is 388 g/mol. The minimum atomic E-state index is -0.105. The van der Waals surface area contributed by atoms with Gasteiger partial charge in [-0.15, -0.1) is 0 Å². The zero-order valence-electron chi connectivity index (χ0n) is 16.5. The third-order valence-corrected chi connectivity index (χ3v) is 6.47. The van der Waals surface area contributed by atoms with Gasteiger partial charge in [-0.2, -0.15) is 0 Å². The Balaban J connectivity index is 1.57. The van der Waals surface area contributed by atoms with Crippen LogP contribution >= 0.6 is 0 Å². The Morgan fingerprint density at radius 1 is 1.32 bits per heavy atom. The highest BCUT2D eigenvalue weighted by Crippen LogP contribution is 2.41. The first-order valence-corrected chi connectivity index (χ1v) is 10.3. The summed E-state index contributed by atoms with van der Waals surface area (Å²) in [6.45, 7) is 5.12. The summed E-state index contributed by atoms with van der Waals surface area (Å²) in [4.78, 5) is 41.1. The first kappa shape index (κ1) is 19.0. The number of hydrogen-bond donors (Lipinski definition) is 1. The summed E-state index contributed by atoms with van der Waals surface area (Å²) >= 11 is 0. The summed E-state index contributed by atoms with van der Waals surface area (Å²) in [6.07, 6.45) is 4.12. The van der Waals surface area contributed by atoms with Crippen molar-refractivity contribution < 1.29 is 18.9 Å².